The van der Waals surface area contributed by atoms with E-state index in [1.807, 2.05) is 25.1 Å². The molecule has 2 aromatic heterocycles. The van der Waals surface area contributed by atoms with E-state index < -0.39 is 0 Å². The van der Waals surface area contributed by atoms with E-state index in [0.717, 1.165) is 16.6 Å². The summed E-state index contributed by atoms with van der Waals surface area (Å²) in [6.45, 7) is 1.86. The Kier molecular flexibility index (Phi) is 4.14. The van der Waals surface area contributed by atoms with Crippen LogP contribution in [-0.4, -0.2) is 50.5 Å². The molecule has 2 heterocycles. The van der Waals surface area contributed by atoms with Crippen molar-refractivity contribution in [3.8, 4) is 0 Å². The van der Waals surface area contributed by atoms with Gasteiger partial charge in [0.25, 0.3) is 5.91 Å². The summed E-state index contributed by atoms with van der Waals surface area (Å²) < 4.78 is 3.00. The highest BCUT2D eigenvalue weighted by Crippen LogP contribution is 2.22. The molecule has 0 aliphatic carbocycles. The van der Waals surface area contributed by atoms with Crippen LogP contribution in [0, 0.1) is 6.92 Å². The largest absolute Gasteiger partial charge is 0.399 e. The molecule has 3 N–H and O–H groups in total. The van der Waals surface area contributed by atoms with Gasteiger partial charge in [-0.25, -0.2) is 9.48 Å². The molecule has 0 aliphatic heterocycles. The molecule has 3 rings (SSSR count). The number of hydrogen-bond donors (Lipinski definition) is 2. The average Bonchev–Trinajstić information content (AvgIpc) is 3.09. The van der Waals surface area contributed by atoms with E-state index in [-0.39, 0.29) is 24.3 Å². The molecular formula is C16H19N7O2. The first-order chi connectivity index (χ1) is 11.8. The molecule has 0 saturated carbocycles. The maximum Gasteiger partial charge on any atom is 0.322 e. The minimum atomic E-state index is -0.316. The predicted molar refractivity (Wildman–Crippen MR) is 94.4 cm³/mol. The van der Waals surface area contributed by atoms with Crippen LogP contribution in [0.1, 0.15) is 10.5 Å². The van der Waals surface area contributed by atoms with Crippen LogP contribution in [0.25, 0.3) is 10.9 Å². The zero-order valence-electron chi connectivity index (χ0n) is 14.2. The van der Waals surface area contributed by atoms with E-state index in [9.17, 15) is 9.59 Å². The summed E-state index contributed by atoms with van der Waals surface area (Å²) in [5.41, 5.74) is 8.04. The second kappa shape index (κ2) is 6.27. The minimum absolute atomic E-state index is 0.000167. The second-order valence-electron chi connectivity index (χ2n) is 5.96. The van der Waals surface area contributed by atoms with E-state index in [0.29, 0.717) is 5.69 Å². The van der Waals surface area contributed by atoms with Gasteiger partial charge in [0.15, 0.2) is 5.82 Å². The van der Waals surface area contributed by atoms with Crippen LogP contribution in [-0.2, 0) is 6.54 Å². The van der Waals surface area contributed by atoms with Crippen LogP contribution >= 0.6 is 0 Å². The van der Waals surface area contributed by atoms with Crippen LogP contribution in [0.15, 0.2) is 30.5 Å². The third-order valence-electron chi connectivity index (χ3n) is 3.74. The summed E-state index contributed by atoms with van der Waals surface area (Å²) in [6, 6.07) is 7.00. The van der Waals surface area contributed by atoms with E-state index in [2.05, 4.69) is 15.6 Å². The molecule has 0 atom stereocenters. The molecule has 3 aromatic rings. The number of nitrogens with zero attached hydrogens (tertiary/aromatic N) is 5. The van der Waals surface area contributed by atoms with Gasteiger partial charge in [-0.15, -0.1) is 5.10 Å². The number of aryl methyl sites for hydroxylation is 1. The first kappa shape index (κ1) is 16.5. The summed E-state index contributed by atoms with van der Waals surface area (Å²) >= 11 is 0. The number of fused-ring (bicyclic) bond motifs is 1. The van der Waals surface area contributed by atoms with E-state index in [1.54, 1.807) is 24.7 Å². The number of hydrogen-bond acceptors (Lipinski definition) is 5. The molecule has 0 fully saturated rings. The smallest absolute Gasteiger partial charge is 0.322 e. The van der Waals surface area contributed by atoms with Crippen molar-refractivity contribution in [3.05, 3.63) is 36.2 Å². The predicted octanol–water partition coefficient (Wildman–Crippen LogP) is 1.56. The van der Waals surface area contributed by atoms with Crippen LogP contribution in [0.3, 0.4) is 0 Å². The van der Waals surface area contributed by atoms with Gasteiger partial charge in [0.05, 0.1) is 11.7 Å². The van der Waals surface area contributed by atoms with Gasteiger partial charge in [0.2, 0.25) is 0 Å². The van der Waals surface area contributed by atoms with Crippen LogP contribution in [0.2, 0.25) is 0 Å². The zero-order valence-corrected chi connectivity index (χ0v) is 14.2. The number of amides is 2. The third-order valence-corrected chi connectivity index (χ3v) is 3.74. The lowest BCUT2D eigenvalue weighted by Gasteiger charge is -2.09. The van der Waals surface area contributed by atoms with Crippen molar-refractivity contribution >= 4 is 34.3 Å². The fourth-order valence-electron chi connectivity index (χ4n) is 2.57. The first-order valence-electron chi connectivity index (χ1n) is 7.64. The molecule has 9 heteroatoms. The molecule has 25 heavy (non-hydrogen) atoms. The SMILES string of the molecule is Cc1cc2cc(N)ccc2n1C(=O)Cn1cc(NC(=O)N(C)C)nn1. The fraction of sp³-hybridized carbons (Fsp3) is 0.250. The Morgan fingerprint density at radius 1 is 1.28 bits per heavy atom. The standard InChI is InChI=1S/C16H19N7O2/c1-10-6-11-7-12(17)4-5-13(11)23(10)15(24)9-22-8-14(19-20-22)18-16(25)21(2)3/h4-8H,9,17H2,1-3H3,(H,18,25). The lowest BCUT2D eigenvalue weighted by molar-refractivity contribution is 0.0889. The quantitative estimate of drug-likeness (QED) is 0.702. The van der Waals surface area contributed by atoms with Crippen LogP contribution in [0.5, 0.6) is 0 Å². The summed E-state index contributed by atoms with van der Waals surface area (Å²) in [5.74, 6) is 0.126. The Morgan fingerprint density at radius 2 is 2.04 bits per heavy atom. The first-order valence-corrected chi connectivity index (χ1v) is 7.64. The molecule has 0 saturated heterocycles. The number of nitrogens with one attached hydrogen (secondary N) is 1. The molecule has 1 aromatic carbocycles. The molecule has 9 nitrogen and oxygen atoms in total. The lowest BCUT2D eigenvalue weighted by Crippen LogP contribution is -2.27. The molecule has 0 unspecified atom stereocenters. The van der Waals surface area contributed by atoms with Gasteiger partial charge in [-0.3, -0.25) is 14.7 Å². The molecule has 130 valence electrons. The molecular weight excluding hydrogens is 322 g/mol. The maximum atomic E-state index is 12.7. The van der Waals surface area contributed by atoms with E-state index >= 15 is 0 Å². The Morgan fingerprint density at radius 3 is 2.76 bits per heavy atom. The van der Waals surface area contributed by atoms with Crippen molar-refractivity contribution in [3.63, 3.8) is 0 Å². The molecule has 0 spiro atoms. The van der Waals surface area contributed by atoms with Gasteiger partial charge in [-0.2, -0.15) is 0 Å². The molecule has 2 amide bonds. The number of aromatic nitrogens is 4. The summed E-state index contributed by atoms with van der Waals surface area (Å²) in [4.78, 5) is 25.7. The number of rotatable bonds is 3. The Hall–Kier alpha value is -3.36. The van der Waals surface area contributed by atoms with E-state index in [4.69, 9.17) is 5.73 Å². The normalized spacial score (nSPS) is 10.8. The number of urea groups is 1. The fourth-order valence-corrected chi connectivity index (χ4v) is 2.57. The van der Waals surface area contributed by atoms with E-state index in [1.165, 1.54) is 15.8 Å². The monoisotopic (exact) mass is 341 g/mol. The summed E-state index contributed by atoms with van der Waals surface area (Å²) in [5, 5.41) is 11.2. The van der Waals surface area contributed by atoms with Crippen molar-refractivity contribution in [2.45, 2.75) is 13.5 Å². The van der Waals surface area contributed by atoms with Crippen molar-refractivity contribution in [2.75, 3.05) is 25.1 Å². The molecule has 0 radical (unpaired) electrons. The average molecular weight is 341 g/mol. The highest BCUT2D eigenvalue weighted by molar-refractivity contribution is 5.95. The Balaban J connectivity index is 1.80. The zero-order chi connectivity index (χ0) is 18.1. The van der Waals surface area contributed by atoms with Gasteiger partial charge in [-0.1, -0.05) is 5.21 Å². The van der Waals surface area contributed by atoms with Gasteiger partial charge in [-0.05, 0) is 31.2 Å². The van der Waals surface area contributed by atoms with Crippen LogP contribution in [0.4, 0.5) is 16.3 Å². The summed E-state index contributed by atoms with van der Waals surface area (Å²) in [6.07, 6.45) is 1.51. The van der Waals surface area contributed by atoms with Crippen molar-refractivity contribution in [1.29, 1.82) is 0 Å². The van der Waals surface area contributed by atoms with Crippen molar-refractivity contribution < 1.29 is 9.59 Å². The Labute approximate surface area is 144 Å². The number of nitrogen functional groups attached to an aromatic ring is 1. The number of anilines is 2. The molecule has 0 bridgehead atoms. The second-order valence-corrected chi connectivity index (χ2v) is 5.96. The highest BCUT2D eigenvalue weighted by atomic mass is 16.2. The van der Waals surface area contributed by atoms with Gasteiger partial charge in [0, 0.05) is 30.9 Å². The Bertz CT molecular complexity index is 955. The number of carbonyl (C=O) groups is 2. The summed E-state index contributed by atoms with van der Waals surface area (Å²) in [7, 11) is 3.24. The maximum absolute atomic E-state index is 12.7. The van der Waals surface area contributed by atoms with Gasteiger partial charge < -0.3 is 10.6 Å². The van der Waals surface area contributed by atoms with Crippen LogP contribution < -0.4 is 11.1 Å². The number of carbonyl (C=O) groups excluding carboxylic acids is 2. The number of nitrogens with two attached hydrogens (primary N) is 1. The van der Waals surface area contributed by atoms with Gasteiger partial charge in [0.1, 0.15) is 6.54 Å². The topological polar surface area (TPSA) is 111 Å². The van der Waals surface area contributed by atoms with Gasteiger partial charge >= 0.3 is 6.03 Å². The minimum Gasteiger partial charge on any atom is -0.399 e. The highest BCUT2D eigenvalue weighted by Gasteiger charge is 2.15. The molecule has 0 aliphatic rings. The van der Waals surface area contributed by atoms with Crippen molar-refractivity contribution in [2.24, 2.45) is 0 Å². The van der Waals surface area contributed by atoms with Crippen molar-refractivity contribution in [1.82, 2.24) is 24.5 Å². The number of benzene rings is 1. The third kappa shape index (κ3) is 3.30. The lowest BCUT2D eigenvalue weighted by atomic mass is 10.2.